The Morgan fingerprint density at radius 3 is 2.03 bits per heavy atom. The summed E-state index contributed by atoms with van der Waals surface area (Å²) in [5.41, 5.74) is 2.95. The molecule has 3 rings (SSSR count). The van der Waals surface area contributed by atoms with Gasteiger partial charge in [0.25, 0.3) is 0 Å². The van der Waals surface area contributed by atoms with Gasteiger partial charge in [-0.25, -0.2) is 0 Å². The molecule has 30 heavy (non-hydrogen) atoms. The van der Waals surface area contributed by atoms with Crippen LogP contribution in [0.2, 0.25) is 0 Å². The summed E-state index contributed by atoms with van der Waals surface area (Å²) in [6.07, 6.45) is 6.18. The minimum Gasteiger partial charge on any atom is -0.497 e. The van der Waals surface area contributed by atoms with E-state index in [0.29, 0.717) is 36.8 Å². The molecule has 2 aromatic rings. The third-order valence-corrected chi connectivity index (χ3v) is 5.09. The van der Waals surface area contributed by atoms with Crippen LogP contribution in [-0.4, -0.2) is 52.3 Å². The maximum Gasteiger partial charge on any atom is 0.246 e. The molecule has 0 aromatic heterocycles. The van der Waals surface area contributed by atoms with Gasteiger partial charge in [0.15, 0.2) is 0 Å². The number of methoxy groups -OCH3 is 4. The van der Waals surface area contributed by atoms with Gasteiger partial charge in [0, 0.05) is 31.3 Å². The minimum atomic E-state index is -0.0187. The molecule has 0 unspecified atom stereocenters. The molecule has 6 heteroatoms. The molecule has 0 aliphatic carbocycles. The quantitative estimate of drug-likeness (QED) is 0.646. The lowest BCUT2D eigenvalue weighted by atomic mass is 9.97. The summed E-state index contributed by atoms with van der Waals surface area (Å²) in [6, 6.07) is 11.3. The maximum absolute atomic E-state index is 12.6. The lowest BCUT2D eigenvalue weighted by Gasteiger charge is -2.27. The first kappa shape index (κ1) is 21.3. The fraction of sp³-hybridized carbons (Fsp3) is 0.292. The number of nitrogens with zero attached hydrogens (tertiary/aromatic N) is 1. The molecule has 0 saturated heterocycles. The Labute approximate surface area is 177 Å². The molecule has 0 saturated carbocycles. The van der Waals surface area contributed by atoms with Gasteiger partial charge >= 0.3 is 0 Å². The standard InChI is InChI=1S/C24H27NO5/c1-27-19-8-5-17(6-9-19)7-10-23(26)25-13-11-18(12-14-25)24-21(29-3)15-20(28-2)16-22(24)30-4/h5-11,15-16H,12-14H2,1-4H3/b10-7+. The molecule has 0 spiro atoms. The molecule has 0 atom stereocenters. The van der Waals surface area contributed by atoms with E-state index in [1.54, 1.807) is 34.5 Å². The predicted octanol–water partition coefficient (Wildman–Crippen LogP) is 4.05. The number of carbonyl (C=O) groups excluding carboxylic acids is 1. The number of amides is 1. The summed E-state index contributed by atoms with van der Waals surface area (Å²) in [6.45, 7) is 1.15. The summed E-state index contributed by atoms with van der Waals surface area (Å²) in [5, 5.41) is 0. The smallest absolute Gasteiger partial charge is 0.246 e. The van der Waals surface area contributed by atoms with Gasteiger partial charge in [-0.1, -0.05) is 18.2 Å². The van der Waals surface area contributed by atoms with Crippen molar-refractivity contribution in [2.75, 3.05) is 41.5 Å². The Hall–Kier alpha value is -3.41. The number of carbonyl (C=O) groups is 1. The topological polar surface area (TPSA) is 57.2 Å². The Kier molecular flexibility index (Phi) is 7.01. The number of hydrogen-bond donors (Lipinski definition) is 0. The highest BCUT2D eigenvalue weighted by Crippen LogP contribution is 2.40. The van der Waals surface area contributed by atoms with E-state index in [9.17, 15) is 4.79 Å². The monoisotopic (exact) mass is 409 g/mol. The van der Waals surface area contributed by atoms with E-state index < -0.39 is 0 Å². The maximum atomic E-state index is 12.6. The molecule has 0 bridgehead atoms. The van der Waals surface area contributed by atoms with E-state index in [2.05, 4.69) is 6.08 Å². The number of rotatable bonds is 7. The van der Waals surface area contributed by atoms with Gasteiger partial charge in [0.2, 0.25) is 5.91 Å². The van der Waals surface area contributed by atoms with Gasteiger partial charge in [-0.15, -0.1) is 0 Å². The van der Waals surface area contributed by atoms with Gasteiger partial charge < -0.3 is 23.8 Å². The molecule has 1 aliphatic heterocycles. The van der Waals surface area contributed by atoms with Gasteiger partial charge in [-0.2, -0.15) is 0 Å². The lowest BCUT2D eigenvalue weighted by Crippen LogP contribution is -2.33. The number of ether oxygens (including phenoxy) is 4. The third-order valence-electron chi connectivity index (χ3n) is 5.09. The SMILES string of the molecule is COc1ccc(/C=C/C(=O)N2CC=C(c3c(OC)cc(OC)cc3OC)CC2)cc1. The molecule has 6 nitrogen and oxygen atoms in total. The fourth-order valence-corrected chi connectivity index (χ4v) is 3.41. The first-order valence-electron chi connectivity index (χ1n) is 9.70. The lowest BCUT2D eigenvalue weighted by molar-refractivity contribution is -0.125. The van der Waals surface area contributed by atoms with Crippen LogP contribution in [0.25, 0.3) is 11.6 Å². The van der Waals surface area contributed by atoms with Crippen molar-refractivity contribution in [3.05, 3.63) is 59.7 Å². The Morgan fingerprint density at radius 2 is 1.53 bits per heavy atom. The molecule has 1 amide bonds. The van der Waals surface area contributed by atoms with Crippen LogP contribution < -0.4 is 18.9 Å². The summed E-state index contributed by atoms with van der Waals surface area (Å²) >= 11 is 0. The van der Waals surface area contributed by atoms with E-state index >= 15 is 0 Å². The third kappa shape index (κ3) is 4.76. The second kappa shape index (κ2) is 9.87. The molecule has 1 heterocycles. The zero-order chi connectivity index (χ0) is 21.5. The van der Waals surface area contributed by atoms with Gasteiger partial charge in [0.1, 0.15) is 23.0 Å². The second-order valence-corrected chi connectivity index (χ2v) is 6.78. The first-order chi connectivity index (χ1) is 14.6. The van der Waals surface area contributed by atoms with Crippen molar-refractivity contribution in [2.24, 2.45) is 0 Å². The first-order valence-corrected chi connectivity index (χ1v) is 9.70. The van der Waals surface area contributed by atoms with E-state index in [1.165, 1.54) is 0 Å². The van der Waals surface area contributed by atoms with Crippen LogP contribution in [0.1, 0.15) is 17.5 Å². The van der Waals surface area contributed by atoms with Crippen LogP contribution in [0.3, 0.4) is 0 Å². The van der Waals surface area contributed by atoms with Crippen LogP contribution >= 0.6 is 0 Å². The molecular formula is C24H27NO5. The zero-order valence-electron chi connectivity index (χ0n) is 17.8. The van der Waals surface area contributed by atoms with Crippen molar-refractivity contribution in [2.45, 2.75) is 6.42 Å². The van der Waals surface area contributed by atoms with Gasteiger partial charge in [-0.05, 0) is 35.8 Å². The molecule has 1 aliphatic rings. The summed E-state index contributed by atoms with van der Waals surface area (Å²) in [7, 11) is 6.49. The average Bonchev–Trinajstić information content (AvgIpc) is 2.81. The van der Waals surface area contributed by atoms with Crippen molar-refractivity contribution in [3.8, 4) is 23.0 Å². The number of hydrogen-bond acceptors (Lipinski definition) is 5. The van der Waals surface area contributed by atoms with Crippen LogP contribution in [0.4, 0.5) is 0 Å². The van der Waals surface area contributed by atoms with Crippen molar-refractivity contribution in [1.29, 1.82) is 0 Å². The number of benzene rings is 2. The molecular weight excluding hydrogens is 382 g/mol. The van der Waals surface area contributed by atoms with E-state index in [0.717, 1.165) is 22.4 Å². The Morgan fingerprint density at radius 1 is 0.900 bits per heavy atom. The highest BCUT2D eigenvalue weighted by atomic mass is 16.5. The normalized spacial score (nSPS) is 13.7. The highest BCUT2D eigenvalue weighted by molar-refractivity contribution is 5.92. The van der Waals surface area contributed by atoms with Gasteiger partial charge in [-0.3, -0.25) is 4.79 Å². The molecule has 0 fully saturated rings. The van der Waals surface area contributed by atoms with Crippen LogP contribution in [-0.2, 0) is 4.79 Å². The molecule has 0 N–H and O–H groups in total. The van der Waals surface area contributed by atoms with Gasteiger partial charge in [0.05, 0.1) is 34.0 Å². The van der Waals surface area contributed by atoms with Crippen LogP contribution in [0.15, 0.2) is 48.6 Å². The zero-order valence-corrected chi connectivity index (χ0v) is 17.8. The minimum absolute atomic E-state index is 0.0187. The summed E-state index contributed by atoms with van der Waals surface area (Å²) in [5.74, 6) is 2.82. The Bertz CT molecular complexity index is 922. The van der Waals surface area contributed by atoms with E-state index in [4.69, 9.17) is 18.9 Å². The van der Waals surface area contributed by atoms with Crippen LogP contribution in [0, 0.1) is 0 Å². The fourth-order valence-electron chi connectivity index (χ4n) is 3.41. The highest BCUT2D eigenvalue weighted by Gasteiger charge is 2.22. The van der Waals surface area contributed by atoms with Crippen molar-refractivity contribution >= 4 is 17.6 Å². The average molecular weight is 409 g/mol. The molecule has 2 aromatic carbocycles. The van der Waals surface area contributed by atoms with Crippen molar-refractivity contribution in [1.82, 2.24) is 4.90 Å². The summed E-state index contributed by atoms with van der Waals surface area (Å²) in [4.78, 5) is 14.4. The molecule has 158 valence electrons. The van der Waals surface area contributed by atoms with E-state index in [-0.39, 0.29) is 5.91 Å². The van der Waals surface area contributed by atoms with Crippen molar-refractivity contribution < 1.29 is 23.7 Å². The van der Waals surface area contributed by atoms with Crippen molar-refractivity contribution in [3.63, 3.8) is 0 Å². The predicted molar refractivity (Wildman–Crippen MR) is 117 cm³/mol. The second-order valence-electron chi connectivity index (χ2n) is 6.78. The molecule has 0 radical (unpaired) electrons. The Balaban J connectivity index is 1.73. The van der Waals surface area contributed by atoms with E-state index in [1.807, 2.05) is 47.4 Å². The largest absolute Gasteiger partial charge is 0.497 e. The summed E-state index contributed by atoms with van der Waals surface area (Å²) < 4.78 is 21.6. The van der Waals surface area contributed by atoms with Crippen LogP contribution in [0.5, 0.6) is 23.0 Å².